The standard InChI is InChI=1S/C22H28N4O4S2/c1-31-15-12-19(22(28)25-20-11-5-6-13-23-20)24-21(27)17-8-7-14-26(16-17)32(29,30)18-9-3-2-4-10-18/h2-6,9-11,13,17,19H,7-8,12,14-16H2,1H3,(H,24,27)(H,23,25,28)/t17-,19-/m0/s1. The highest BCUT2D eigenvalue weighted by atomic mass is 32.2. The normalized spacial score (nSPS) is 18.0. The Kier molecular flexibility index (Phi) is 8.66. The first kappa shape index (κ1) is 24.2. The number of rotatable bonds is 9. The van der Waals surface area contributed by atoms with Crippen molar-refractivity contribution in [2.24, 2.45) is 5.92 Å². The maximum atomic E-state index is 13.0. The molecule has 1 aliphatic rings. The molecule has 1 fully saturated rings. The van der Waals surface area contributed by atoms with Gasteiger partial charge in [-0.05, 0) is 55.5 Å². The largest absolute Gasteiger partial charge is 0.344 e. The summed E-state index contributed by atoms with van der Waals surface area (Å²) in [6.45, 7) is 0.469. The minimum absolute atomic E-state index is 0.0974. The first-order chi connectivity index (χ1) is 15.4. The summed E-state index contributed by atoms with van der Waals surface area (Å²) >= 11 is 1.58. The highest BCUT2D eigenvalue weighted by Gasteiger charge is 2.34. The zero-order chi connectivity index (χ0) is 23.0. The lowest BCUT2D eigenvalue weighted by Gasteiger charge is -2.32. The molecule has 1 aliphatic heterocycles. The third-order valence-corrected chi connectivity index (χ3v) is 7.82. The first-order valence-corrected chi connectivity index (χ1v) is 13.3. The Labute approximate surface area is 193 Å². The third-order valence-electron chi connectivity index (χ3n) is 5.30. The van der Waals surface area contributed by atoms with Crippen LogP contribution in [0.3, 0.4) is 0 Å². The minimum Gasteiger partial charge on any atom is -0.344 e. The number of amides is 2. The molecule has 32 heavy (non-hydrogen) atoms. The fraction of sp³-hybridized carbons (Fsp3) is 0.409. The van der Waals surface area contributed by atoms with Crippen molar-refractivity contribution >= 4 is 39.4 Å². The topological polar surface area (TPSA) is 108 Å². The molecule has 3 rings (SSSR count). The van der Waals surface area contributed by atoms with Gasteiger partial charge < -0.3 is 10.6 Å². The molecule has 0 spiro atoms. The number of nitrogens with zero attached hydrogens (tertiary/aromatic N) is 2. The molecule has 2 heterocycles. The Balaban J connectivity index is 1.66. The number of sulfonamides is 1. The number of thioether (sulfide) groups is 1. The fourth-order valence-electron chi connectivity index (χ4n) is 3.56. The number of hydrogen-bond donors (Lipinski definition) is 2. The molecule has 1 aromatic heterocycles. The number of carbonyl (C=O) groups excluding carboxylic acids is 2. The van der Waals surface area contributed by atoms with Crippen molar-refractivity contribution in [3.8, 4) is 0 Å². The molecule has 0 saturated carbocycles. The Hall–Kier alpha value is -2.43. The first-order valence-electron chi connectivity index (χ1n) is 10.5. The van der Waals surface area contributed by atoms with E-state index in [2.05, 4.69) is 15.6 Å². The molecule has 0 unspecified atom stereocenters. The number of piperidine rings is 1. The molecule has 10 heteroatoms. The van der Waals surface area contributed by atoms with E-state index in [-0.39, 0.29) is 23.3 Å². The quantitative estimate of drug-likeness (QED) is 0.575. The second kappa shape index (κ2) is 11.4. The van der Waals surface area contributed by atoms with Crippen molar-refractivity contribution < 1.29 is 18.0 Å². The van der Waals surface area contributed by atoms with Crippen LogP contribution in [0.4, 0.5) is 5.82 Å². The van der Waals surface area contributed by atoms with Crippen molar-refractivity contribution in [1.29, 1.82) is 0 Å². The summed E-state index contributed by atoms with van der Waals surface area (Å²) in [7, 11) is -3.67. The van der Waals surface area contributed by atoms with Crippen LogP contribution in [0, 0.1) is 5.92 Å². The van der Waals surface area contributed by atoms with Crippen LogP contribution in [0.25, 0.3) is 0 Å². The van der Waals surface area contributed by atoms with Gasteiger partial charge in [0.2, 0.25) is 21.8 Å². The summed E-state index contributed by atoms with van der Waals surface area (Å²) in [6.07, 6.45) is 5.13. The Morgan fingerprint density at radius 3 is 2.62 bits per heavy atom. The average molecular weight is 477 g/mol. The number of carbonyl (C=O) groups is 2. The summed E-state index contributed by atoms with van der Waals surface area (Å²) in [4.78, 5) is 30.1. The van der Waals surface area contributed by atoms with Gasteiger partial charge in [0.15, 0.2) is 0 Å². The van der Waals surface area contributed by atoms with E-state index < -0.39 is 22.0 Å². The van der Waals surface area contributed by atoms with Gasteiger partial charge in [-0.25, -0.2) is 13.4 Å². The molecule has 2 atom stereocenters. The van der Waals surface area contributed by atoms with Crippen molar-refractivity contribution in [2.75, 3.05) is 30.4 Å². The van der Waals surface area contributed by atoms with Crippen LogP contribution in [0.2, 0.25) is 0 Å². The fourth-order valence-corrected chi connectivity index (χ4v) is 5.58. The van der Waals surface area contributed by atoms with Crippen molar-refractivity contribution in [3.63, 3.8) is 0 Å². The minimum atomic E-state index is -3.67. The van der Waals surface area contributed by atoms with Crippen molar-refractivity contribution in [2.45, 2.75) is 30.2 Å². The van der Waals surface area contributed by atoms with E-state index in [0.29, 0.717) is 37.4 Å². The molecule has 2 N–H and O–H groups in total. The maximum Gasteiger partial charge on any atom is 0.248 e. The summed E-state index contributed by atoms with van der Waals surface area (Å²) in [6, 6.07) is 12.7. The molecule has 0 radical (unpaired) electrons. The van der Waals surface area contributed by atoms with E-state index in [1.54, 1.807) is 66.5 Å². The van der Waals surface area contributed by atoms with Crippen LogP contribution in [-0.2, 0) is 19.6 Å². The van der Waals surface area contributed by atoms with Crippen LogP contribution in [0.15, 0.2) is 59.6 Å². The summed E-state index contributed by atoms with van der Waals surface area (Å²) in [5.74, 6) is -0.0454. The van der Waals surface area contributed by atoms with Gasteiger partial charge in [0, 0.05) is 19.3 Å². The highest BCUT2D eigenvalue weighted by molar-refractivity contribution is 7.98. The Morgan fingerprint density at radius 2 is 1.94 bits per heavy atom. The number of pyridine rings is 1. The van der Waals surface area contributed by atoms with Crippen LogP contribution in [0.1, 0.15) is 19.3 Å². The molecule has 0 bridgehead atoms. The van der Waals surface area contributed by atoms with E-state index in [9.17, 15) is 18.0 Å². The molecule has 0 aliphatic carbocycles. The Morgan fingerprint density at radius 1 is 1.19 bits per heavy atom. The maximum absolute atomic E-state index is 13.0. The molecule has 172 valence electrons. The van der Waals surface area contributed by atoms with Gasteiger partial charge in [0.05, 0.1) is 10.8 Å². The lowest BCUT2D eigenvalue weighted by Crippen LogP contribution is -2.50. The lowest BCUT2D eigenvalue weighted by atomic mass is 9.98. The van der Waals surface area contributed by atoms with Crippen molar-refractivity contribution in [1.82, 2.24) is 14.6 Å². The van der Waals surface area contributed by atoms with Crippen LogP contribution >= 0.6 is 11.8 Å². The van der Waals surface area contributed by atoms with E-state index >= 15 is 0 Å². The van der Waals surface area contributed by atoms with Crippen LogP contribution in [0.5, 0.6) is 0 Å². The van der Waals surface area contributed by atoms with Gasteiger partial charge in [-0.15, -0.1) is 0 Å². The predicted molar refractivity (Wildman–Crippen MR) is 126 cm³/mol. The molecular weight excluding hydrogens is 448 g/mol. The number of aromatic nitrogens is 1. The summed E-state index contributed by atoms with van der Waals surface area (Å²) < 4.78 is 27.3. The molecule has 2 aromatic rings. The van der Waals surface area contributed by atoms with Crippen LogP contribution in [-0.4, -0.2) is 60.7 Å². The van der Waals surface area contributed by atoms with E-state index in [1.165, 1.54) is 4.31 Å². The number of hydrogen-bond acceptors (Lipinski definition) is 6. The average Bonchev–Trinajstić information content (AvgIpc) is 2.82. The van der Waals surface area contributed by atoms with Gasteiger partial charge in [-0.3, -0.25) is 9.59 Å². The van der Waals surface area contributed by atoms with Crippen LogP contribution < -0.4 is 10.6 Å². The highest BCUT2D eigenvalue weighted by Crippen LogP contribution is 2.24. The molecule has 2 amide bonds. The summed E-state index contributed by atoms with van der Waals surface area (Å²) in [5.41, 5.74) is 0. The molecule has 8 nitrogen and oxygen atoms in total. The van der Waals surface area contributed by atoms with Gasteiger partial charge in [0.25, 0.3) is 0 Å². The van der Waals surface area contributed by atoms with Gasteiger partial charge in [0.1, 0.15) is 11.9 Å². The Bertz CT molecular complexity index is 1000. The SMILES string of the molecule is CSCC[C@H](NC(=O)[C@H]1CCCN(S(=O)(=O)c2ccccc2)C1)C(=O)Nc1ccccn1. The van der Waals surface area contributed by atoms with E-state index in [0.717, 1.165) is 0 Å². The zero-order valence-corrected chi connectivity index (χ0v) is 19.6. The number of benzene rings is 1. The van der Waals surface area contributed by atoms with Gasteiger partial charge in [-0.1, -0.05) is 24.3 Å². The van der Waals surface area contributed by atoms with E-state index in [1.807, 2.05) is 6.26 Å². The number of nitrogens with one attached hydrogen (secondary N) is 2. The second-order valence-corrected chi connectivity index (χ2v) is 10.5. The van der Waals surface area contributed by atoms with E-state index in [4.69, 9.17) is 0 Å². The monoisotopic (exact) mass is 476 g/mol. The third kappa shape index (κ3) is 6.30. The smallest absolute Gasteiger partial charge is 0.248 e. The van der Waals surface area contributed by atoms with Gasteiger partial charge in [-0.2, -0.15) is 16.1 Å². The van der Waals surface area contributed by atoms with Crippen molar-refractivity contribution in [3.05, 3.63) is 54.7 Å². The molecular formula is C22H28N4O4S2. The zero-order valence-electron chi connectivity index (χ0n) is 17.9. The molecule has 1 aromatic carbocycles. The summed E-state index contributed by atoms with van der Waals surface area (Å²) in [5, 5.41) is 5.57. The van der Waals surface area contributed by atoms with Gasteiger partial charge >= 0.3 is 0 Å². The second-order valence-electron chi connectivity index (χ2n) is 7.56. The number of anilines is 1. The predicted octanol–water partition coefficient (Wildman–Crippen LogP) is 2.36. The molecule has 1 saturated heterocycles. The lowest BCUT2D eigenvalue weighted by molar-refractivity contribution is -0.130.